The number of fused-ring (bicyclic) bond motifs is 2. The van der Waals surface area contributed by atoms with Crippen molar-refractivity contribution in [2.24, 2.45) is 0 Å². The van der Waals surface area contributed by atoms with Crippen LogP contribution in [0.3, 0.4) is 0 Å². The van der Waals surface area contributed by atoms with Crippen molar-refractivity contribution in [2.45, 2.75) is 40.5 Å². The summed E-state index contributed by atoms with van der Waals surface area (Å²) in [5.41, 5.74) is 2.65. The van der Waals surface area contributed by atoms with Gasteiger partial charge in [-0.3, -0.25) is 19.6 Å². The van der Waals surface area contributed by atoms with Crippen LogP contribution in [0.25, 0.3) is 11.0 Å². The van der Waals surface area contributed by atoms with Gasteiger partial charge in [0, 0.05) is 100 Å². The first-order valence-corrected chi connectivity index (χ1v) is 12.5. The average Bonchev–Trinajstić information content (AvgIpc) is 2.92. The maximum Gasteiger partial charge on any atom is 0.246 e. The number of carbonyl (C=O) groups excluding carboxylic acids is 3. The van der Waals surface area contributed by atoms with Gasteiger partial charge in [-0.15, -0.1) is 17.0 Å². The van der Waals surface area contributed by atoms with Crippen LogP contribution in [0.1, 0.15) is 51.1 Å². The minimum atomic E-state index is -0.166. The zero-order valence-electron chi connectivity index (χ0n) is 26.0. The molecule has 0 unspecified atom stereocenters. The van der Waals surface area contributed by atoms with Crippen molar-refractivity contribution in [3.8, 4) is 0 Å². The Morgan fingerprint density at radius 3 is 1.69 bits per heavy atom. The number of rotatable bonds is 0. The van der Waals surface area contributed by atoms with E-state index in [1.54, 1.807) is 34.3 Å². The van der Waals surface area contributed by atoms with E-state index >= 15 is 0 Å². The second kappa shape index (κ2) is 26.1. The van der Waals surface area contributed by atoms with E-state index in [2.05, 4.69) is 57.9 Å². The van der Waals surface area contributed by atoms with Crippen LogP contribution in [0.5, 0.6) is 0 Å². The Labute approximate surface area is 300 Å². The van der Waals surface area contributed by atoms with Gasteiger partial charge in [-0.2, -0.15) is 0 Å². The predicted molar refractivity (Wildman–Crippen MR) is 159 cm³/mol. The van der Waals surface area contributed by atoms with Crippen molar-refractivity contribution in [1.29, 1.82) is 0 Å². The van der Waals surface area contributed by atoms with E-state index in [0.29, 0.717) is 35.7 Å². The number of anilines is 1. The quantitative estimate of drug-likeness (QED) is 0.335. The number of nitrogens with zero attached hydrogens (tertiary/aromatic N) is 6. The van der Waals surface area contributed by atoms with E-state index in [-0.39, 0.29) is 88.7 Å². The SMILES string of the molecule is CC.CC.[CH2-]C(=O)N(C)C.[CH2-]C(=O)N(C)C.[CH2-]c1ncnc2[nH]c(=O)ccc12.[CH2-]c1ncnc2c1CCC(=O)N2.[Y].[Y]. The summed E-state index contributed by atoms with van der Waals surface area (Å²) in [5.74, 6) is 0.317. The fourth-order valence-corrected chi connectivity index (χ4v) is 2.28. The minimum Gasteiger partial charge on any atom is -0.374 e. The smallest absolute Gasteiger partial charge is 0.246 e. The molecule has 12 nitrogen and oxygen atoms in total. The maximum absolute atomic E-state index is 10.9. The van der Waals surface area contributed by atoms with E-state index in [9.17, 15) is 19.2 Å². The van der Waals surface area contributed by atoms with Crippen LogP contribution in [0.4, 0.5) is 5.82 Å². The number of carbonyl (C=O) groups is 3. The molecule has 0 fully saturated rings. The van der Waals surface area contributed by atoms with Gasteiger partial charge in [0.2, 0.25) is 11.5 Å². The topological polar surface area (TPSA) is 154 Å². The second-order valence-electron chi connectivity index (χ2n) is 7.68. The zero-order chi connectivity index (χ0) is 31.4. The van der Waals surface area contributed by atoms with Crippen LogP contribution in [-0.2, 0) is 86.2 Å². The standard InChI is InChI=1S/C8H8N3O.C8H6N3O.2C4H8NO.2C2H6.2Y/c2*1-5-6-2-3-7(12)11-8(6)10-4-9-5;2*1-4(6)5(2)3;2*1-2;;/h4H,1-3H2,(H,9,10,11,12);2-4H,1H2,(H,9,10,11,12);2*1H2,2-3H3;2*1-2H3;;/q4*-1;;;;. The second-order valence-corrected chi connectivity index (χ2v) is 7.68. The Hall–Kier alpha value is -2.53. The van der Waals surface area contributed by atoms with Crippen LogP contribution < -0.4 is 10.9 Å². The Balaban J connectivity index is -0.000000227. The Kier molecular flexibility index (Phi) is 28.9. The normalized spacial score (nSPS) is 9.76. The number of nitrogens with one attached hydrogen (secondary N) is 2. The number of hydrogen-bond donors (Lipinski definition) is 2. The predicted octanol–water partition coefficient (Wildman–Crippen LogP) is 2.91. The van der Waals surface area contributed by atoms with Gasteiger partial charge in [-0.05, 0) is 6.07 Å². The van der Waals surface area contributed by atoms with Gasteiger partial charge in [-0.25, -0.2) is 23.8 Å². The molecule has 3 aromatic heterocycles. The molecular formula is C28H42N8O4Y2-4. The van der Waals surface area contributed by atoms with E-state index in [0.717, 1.165) is 10.9 Å². The molecule has 2 N–H and O–H groups in total. The molecule has 0 atom stereocenters. The molecule has 0 aliphatic carbocycles. The third-order valence-electron chi connectivity index (χ3n) is 4.50. The van der Waals surface area contributed by atoms with Crippen molar-refractivity contribution in [3.63, 3.8) is 0 Å². The van der Waals surface area contributed by atoms with Crippen LogP contribution in [0, 0.1) is 27.7 Å². The molecule has 3 amide bonds. The van der Waals surface area contributed by atoms with Crippen LogP contribution in [-0.4, -0.2) is 80.6 Å². The van der Waals surface area contributed by atoms with E-state index < -0.39 is 0 Å². The summed E-state index contributed by atoms with van der Waals surface area (Å²) in [4.78, 5) is 62.8. The van der Waals surface area contributed by atoms with Crippen molar-refractivity contribution >= 4 is 34.6 Å². The van der Waals surface area contributed by atoms with Crippen LogP contribution in [0.15, 0.2) is 29.6 Å². The first kappa shape index (κ1) is 46.4. The number of aromatic amines is 1. The Bertz CT molecular complexity index is 1250. The van der Waals surface area contributed by atoms with Gasteiger partial charge in [0.05, 0.1) is 23.3 Å². The number of aromatic nitrogens is 5. The Morgan fingerprint density at radius 1 is 0.762 bits per heavy atom. The first-order chi connectivity index (χ1) is 18.8. The number of hydrogen-bond acceptors (Lipinski definition) is 8. The summed E-state index contributed by atoms with van der Waals surface area (Å²) in [6, 6.07) is 3.09. The van der Waals surface area contributed by atoms with Crippen molar-refractivity contribution < 1.29 is 79.8 Å². The molecule has 1 aliphatic heterocycles. The van der Waals surface area contributed by atoms with Gasteiger partial charge in [-0.1, -0.05) is 45.5 Å². The molecule has 1 aliphatic rings. The molecule has 0 saturated carbocycles. The van der Waals surface area contributed by atoms with E-state index in [1.807, 2.05) is 27.7 Å². The molecule has 14 heteroatoms. The molecule has 0 saturated heterocycles. The fourth-order valence-electron chi connectivity index (χ4n) is 2.28. The molecule has 0 aromatic carbocycles. The number of H-pyrrole nitrogens is 1. The largest absolute Gasteiger partial charge is 0.374 e. The zero-order valence-corrected chi connectivity index (χ0v) is 31.7. The van der Waals surface area contributed by atoms with Gasteiger partial charge >= 0.3 is 0 Å². The van der Waals surface area contributed by atoms with Crippen molar-refractivity contribution in [1.82, 2.24) is 34.7 Å². The third-order valence-corrected chi connectivity index (χ3v) is 4.50. The molecule has 4 heterocycles. The fraction of sp³-hybridized carbons (Fsp3) is 0.357. The number of amides is 3. The molecule has 0 bridgehead atoms. The minimum absolute atomic E-state index is 0. The van der Waals surface area contributed by atoms with Crippen molar-refractivity contribution in [2.75, 3.05) is 33.5 Å². The van der Waals surface area contributed by atoms with E-state index in [1.165, 1.54) is 28.5 Å². The monoisotopic (exact) mass is 732 g/mol. The summed E-state index contributed by atoms with van der Waals surface area (Å²) < 4.78 is 0. The van der Waals surface area contributed by atoms with Gasteiger partial charge in [0.1, 0.15) is 12.7 Å². The molecular weight excluding hydrogens is 690 g/mol. The first-order valence-electron chi connectivity index (χ1n) is 12.5. The molecule has 42 heavy (non-hydrogen) atoms. The number of pyridine rings is 1. The van der Waals surface area contributed by atoms with Crippen molar-refractivity contribution in [3.05, 3.63) is 79.8 Å². The van der Waals surface area contributed by atoms with Crippen LogP contribution >= 0.6 is 0 Å². The average molecular weight is 733 g/mol. The van der Waals surface area contributed by atoms with Gasteiger partial charge < -0.3 is 43.5 Å². The molecule has 228 valence electrons. The van der Waals surface area contributed by atoms with Gasteiger partial charge in [0.15, 0.2) is 0 Å². The third kappa shape index (κ3) is 18.8. The summed E-state index contributed by atoms with van der Waals surface area (Å²) >= 11 is 0. The summed E-state index contributed by atoms with van der Waals surface area (Å²) in [6.07, 6.45) is 3.98. The molecule has 0 spiro atoms. The summed E-state index contributed by atoms with van der Waals surface area (Å²) in [7, 11) is 6.65. The van der Waals surface area contributed by atoms with Crippen LogP contribution in [0.2, 0.25) is 0 Å². The molecule has 2 radical (unpaired) electrons. The van der Waals surface area contributed by atoms with Gasteiger partial charge in [0.25, 0.3) is 0 Å². The Morgan fingerprint density at radius 2 is 1.21 bits per heavy atom. The molecule has 3 aromatic rings. The molecule has 4 rings (SSSR count). The summed E-state index contributed by atoms with van der Waals surface area (Å²) in [6.45, 7) is 21.7. The maximum atomic E-state index is 10.9. The van der Waals surface area contributed by atoms with E-state index in [4.69, 9.17) is 0 Å². The summed E-state index contributed by atoms with van der Waals surface area (Å²) in [5, 5.41) is 3.45.